The Morgan fingerprint density at radius 3 is 2.85 bits per heavy atom. The molecule has 2 saturated heterocycles. The van der Waals surface area contributed by atoms with Gasteiger partial charge in [-0.1, -0.05) is 17.3 Å². The third-order valence-electron chi connectivity index (χ3n) is 5.66. The van der Waals surface area contributed by atoms with Gasteiger partial charge < -0.3 is 25.8 Å². The van der Waals surface area contributed by atoms with Crippen LogP contribution in [0.15, 0.2) is 22.7 Å². The minimum absolute atomic E-state index is 0.0165. The van der Waals surface area contributed by atoms with Crippen LogP contribution in [0.25, 0.3) is 20.8 Å². The van der Waals surface area contributed by atoms with Crippen molar-refractivity contribution >= 4 is 33.1 Å². The van der Waals surface area contributed by atoms with Gasteiger partial charge in [-0.15, -0.1) is 11.3 Å². The Kier molecular flexibility index (Phi) is 5.60. The standard InChI is InChI=1S/C20H20F4N6O2S/c21-11-7-25-5-4-12(11)27-13-3-1-2-9-10(6-20(22,23)24)16(33-15(9)13)17-29-18(32-30-17)14-8-26-19(31)28-14/h1-3,11-12,14,25,27H,4-8H2,(H2,26,28,31)/t11-,12+,14-/m0/s1. The van der Waals surface area contributed by atoms with Gasteiger partial charge in [-0.3, -0.25) is 0 Å². The lowest BCUT2D eigenvalue weighted by Crippen LogP contribution is -2.45. The molecule has 4 heterocycles. The summed E-state index contributed by atoms with van der Waals surface area (Å²) in [5.74, 6) is 0.120. The highest BCUT2D eigenvalue weighted by Gasteiger charge is 2.34. The van der Waals surface area contributed by atoms with Crippen molar-refractivity contribution in [2.45, 2.75) is 37.3 Å². The first-order valence-corrected chi connectivity index (χ1v) is 11.2. The molecule has 0 saturated carbocycles. The van der Waals surface area contributed by atoms with Gasteiger partial charge in [-0.2, -0.15) is 18.2 Å². The molecule has 0 bridgehead atoms. The Bertz CT molecular complexity index is 1180. The highest BCUT2D eigenvalue weighted by atomic mass is 32.1. The molecule has 0 aliphatic carbocycles. The molecule has 0 unspecified atom stereocenters. The van der Waals surface area contributed by atoms with Gasteiger partial charge >= 0.3 is 12.2 Å². The fourth-order valence-electron chi connectivity index (χ4n) is 4.10. The zero-order valence-electron chi connectivity index (χ0n) is 17.1. The van der Waals surface area contributed by atoms with E-state index in [-0.39, 0.29) is 41.3 Å². The van der Waals surface area contributed by atoms with Gasteiger partial charge in [0.25, 0.3) is 5.89 Å². The molecule has 33 heavy (non-hydrogen) atoms. The smallest absolute Gasteiger partial charge is 0.378 e. The quantitative estimate of drug-likeness (QED) is 0.413. The van der Waals surface area contributed by atoms with E-state index in [0.717, 1.165) is 11.3 Å². The van der Waals surface area contributed by atoms with Gasteiger partial charge in [0, 0.05) is 13.1 Å². The molecule has 3 aromatic rings. The lowest BCUT2D eigenvalue weighted by molar-refractivity contribution is -0.126. The number of carbonyl (C=O) groups is 1. The number of nitrogens with one attached hydrogen (secondary N) is 4. The molecule has 176 valence electrons. The Hall–Kier alpha value is -2.93. The molecular formula is C20H20F4N6O2S. The van der Waals surface area contributed by atoms with Crippen LogP contribution in [0, 0.1) is 0 Å². The molecule has 2 aromatic heterocycles. The summed E-state index contributed by atoms with van der Waals surface area (Å²) in [7, 11) is 0. The minimum atomic E-state index is -4.46. The molecule has 2 aliphatic rings. The molecule has 0 spiro atoms. The summed E-state index contributed by atoms with van der Waals surface area (Å²) in [6.07, 6.45) is -6.18. The number of fused-ring (bicyclic) bond motifs is 1. The first-order chi connectivity index (χ1) is 15.8. The van der Waals surface area contributed by atoms with Crippen molar-refractivity contribution in [2.24, 2.45) is 0 Å². The van der Waals surface area contributed by atoms with E-state index in [0.29, 0.717) is 28.7 Å². The monoisotopic (exact) mass is 484 g/mol. The van der Waals surface area contributed by atoms with Crippen molar-refractivity contribution in [3.05, 3.63) is 29.7 Å². The predicted molar refractivity (Wildman–Crippen MR) is 114 cm³/mol. The number of anilines is 1. The summed E-state index contributed by atoms with van der Waals surface area (Å²) in [6, 6.07) is 3.60. The number of hydrogen-bond acceptors (Lipinski definition) is 7. The van der Waals surface area contributed by atoms with Crippen LogP contribution in [0.3, 0.4) is 0 Å². The Morgan fingerprint density at radius 1 is 1.27 bits per heavy atom. The largest absolute Gasteiger partial charge is 0.393 e. The minimum Gasteiger partial charge on any atom is -0.378 e. The Labute approximate surface area is 189 Å². The number of halogens is 4. The lowest BCUT2D eigenvalue weighted by Gasteiger charge is -2.28. The lowest BCUT2D eigenvalue weighted by atomic mass is 10.0. The molecule has 2 aliphatic heterocycles. The molecule has 13 heteroatoms. The molecule has 4 N–H and O–H groups in total. The molecule has 2 fully saturated rings. The van der Waals surface area contributed by atoms with Crippen molar-refractivity contribution in [3.8, 4) is 10.7 Å². The van der Waals surface area contributed by atoms with Gasteiger partial charge in [-0.05, 0) is 30.0 Å². The maximum Gasteiger partial charge on any atom is 0.393 e. The third-order valence-corrected chi connectivity index (χ3v) is 6.94. The van der Waals surface area contributed by atoms with Crippen molar-refractivity contribution in [1.29, 1.82) is 0 Å². The van der Waals surface area contributed by atoms with Crippen LogP contribution in [0.1, 0.15) is 23.9 Å². The molecule has 5 rings (SSSR count). The summed E-state index contributed by atoms with van der Waals surface area (Å²) in [5.41, 5.74) is 0.604. The van der Waals surface area contributed by atoms with Crippen LogP contribution in [0.5, 0.6) is 0 Å². The number of carbonyl (C=O) groups excluding carboxylic acids is 1. The van der Waals surface area contributed by atoms with Gasteiger partial charge in [-0.25, -0.2) is 9.18 Å². The van der Waals surface area contributed by atoms with Gasteiger partial charge in [0.2, 0.25) is 5.82 Å². The normalized spacial score (nSPS) is 23.5. The fourth-order valence-corrected chi connectivity index (χ4v) is 5.32. The van der Waals surface area contributed by atoms with E-state index in [1.807, 2.05) is 0 Å². The van der Waals surface area contributed by atoms with Gasteiger partial charge in [0.1, 0.15) is 12.2 Å². The van der Waals surface area contributed by atoms with E-state index < -0.39 is 30.9 Å². The number of rotatable bonds is 5. The maximum absolute atomic E-state index is 14.3. The third kappa shape index (κ3) is 4.47. The number of nitrogens with zero attached hydrogens (tertiary/aromatic N) is 2. The molecular weight excluding hydrogens is 464 g/mol. The van der Waals surface area contributed by atoms with Crippen LogP contribution in [-0.4, -0.2) is 54.2 Å². The molecule has 1 aromatic carbocycles. The first-order valence-electron chi connectivity index (χ1n) is 10.4. The number of aromatic nitrogens is 2. The van der Waals surface area contributed by atoms with Crippen LogP contribution in [-0.2, 0) is 6.42 Å². The summed E-state index contributed by atoms with van der Waals surface area (Å²) in [4.78, 5) is 15.9. The second-order valence-corrected chi connectivity index (χ2v) is 9.03. The molecule has 2 amide bonds. The molecule has 8 nitrogen and oxygen atoms in total. The topological polar surface area (TPSA) is 104 Å². The maximum atomic E-state index is 14.3. The van der Waals surface area contributed by atoms with Crippen molar-refractivity contribution in [2.75, 3.05) is 25.0 Å². The summed E-state index contributed by atoms with van der Waals surface area (Å²) in [5, 5.41) is 15.6. The average Bonchev–Trinajstić information content (AvgIpc) is 3.48. The average molecular weight is 484 g/mol. The summed E-state index contributed by atoms with van der Waals surface area (Å²) < 4.78 is 60.6. The van der Waals surface area contributed by atoms with E-state index in [4.69, 9.17) is 4.52 Å². The number of amides is 2. The van der Waals surface area contributed by atoms with Crippen molar-refractivity contribution in [3.63, 3.8) is 0 Å². The number of benzene rings is 1. The van der Waals surface area contributed by atoms with Crippen molar-refractivity contribution in [1.82, 2.24) is 26.1 Å². The summed E-state index contributed by atoms with van der Waals surface area (Å²) >= 11 is 1.10. The summed E-state index contributed by atoms with van der Waals surface area (Å²) in [6.45, 7) is 1.11. The van der Waals surface area contributed by atoms with E-state index in [1.165, 1.54) is 0 Å². The number of hydrogen-bond donors (Lipinski definition) is 4. The highest BCUT2D eigenvalue weighted by Crippen LogP contribution is 2.44. The SMILES string of the molecule is O=C1NC[C@@H](c2nc(-c3sc4c(N[C@@H]5CCNC[C@@H]5F)cccc4c3CC(F)(F)F)no2)N1. The van der Waals surface area contributed by atoms with Crippen LogP contribution in [0.4, 0.5) is 28.0 Å². The van der Waals surface area contributed by atoms with Gasteiger partial charge in [0.05, 0.1) is 27.7 Å². The zero-order chi connectivity index (χ0) is 23.2. The Balaban J connectivity index is 1.55. The van der Waals surface area contributed by atoms with Gasteiger partial charge in [0.15, 0.2) is 0 Å². The van der Waals surface area contributed by atoms with Crippen LogP contribution in [0.2, 0.25) is 0 Å². The molecule has 0 radical (unpaired) electrons. The first kappa shape index (κ1) is 21.9. The number of alkyl halides is 4. The van der Waals surface area contributed by atoms with E-state index in [2.05, 4.69) is 31.4 Å². The number of thiophene rings is 1. The van der Waals surface area contributed by atoms with Crippen LogP contribution >= 0.6 is 11.3 Å². The van der Waals surface area contributed by atoms with E-state index >= 15 is 0 Å². The van der Waals surface area contributed by atoms with Crippen LogP contribution < -0.4 is 21.3 Å². The number of urea groups is 1. The zero-order valence-corrected chi connectivity index (χ0v) is 17.9. The second kappa shape index (κ2) is 8.45. The fraction of sp³-hybridized carbons (Fsp3) is 0.450. The second-order valence-electron chi connectivity index (χ2n) is 8.01. The van der Waals surface area contributed by atoms with Crippen molar-refractivity contribution < 1.29 is 26.9 Å². The van der Waals surface area contributed by atoms with E-state index in [1.54, 1.807) is 18.2 Å². The Morgan fingerprint density at radius 2 is 2.12 bits per heavy atom. The highest BCUT2D eigenvalue weighted by molar-refractivity contribution is 7.23. The predicted octanol–water partition coefficient (Wildman–Crippen LogP) is 3.52. The molecule has 3 atom stereocenters. The van der Waals surface area contributed by atoms with E-state index in [9.17, 15) is 22.4 Å². The number of piperidine rings is 1.